The molecule has 0 spiro atoms. The van der Waals surface area contributed by atoms with Crippen molar-refractivity contribution in [3.63, 3.8) is 0 Å². The number of alkyl carbamates (subject to hydrolysis) is 1. The highest BCUT2D eigenvalue weighted by Gasteiger charge is 2.21. The minimum absolute atomic E-state index is 0.199. The Hall–Kier alpha value is -1.57. The molecule has 0 aliphatic heterocycles. The lowest BCUT2D eigenvalue weighted by molar-refractivity contribution is 0.0938. The topological polar surface area (TPSA) is 96.1 Å². The molecule has 2 amide bonds. The smallest absolute Gasteiger partial charge is 0.407 e. The van der Waals surface area contributed by atoms with Gasteiger partial charge in [-0.15, -0.1) is 0 Å². The summed E-state index contributed by atoms with van der Waals surface area (Å²) in [6.45, 7) is 10.5. The van der Waals surface area contributed by atoms with Gasteiger partial charge in [-0.3, -0.25) is 9.89 Å². The van der Waals surface area contributed by atoms with E-state index in [-0.39, 0.29) is 17.9 Å². The van der Waals surface area contributed by atoms with Crippen LogP contribution in [0.3, 0.4) is 0 Å². The van der Waals surface area contributed by atoms with Crippen LogP contribution in [0.1, 0.15) is 63.1 Å². The second-order valence-corrected chi connectivity index (χ2v) is 7.15. The summed E-state index contributed by atoms with van der Waals surface area (Å²) in [7, 11) is 0. The molecule has 7 nitrogen and oxygen atoms in total. The predicted molar refractivity (Wildman–Crippen MR) is 96.1 cm³/mol. The average molecular weight is 403 g/mol. The predicted octanol–water partition coefficient (Wildman–Crippen LogP) is 3.19. The number of carbonyl (C=O) groups is 2. The van der Waals surface area contributed by atoms with Gasteiger partial charge in [0.25, 0.3) is 5.91 Å². The molecule has 1 heterocycles. The molecular weight excluding hydrogens is 376 g/mol. The van der Waals surface area contributed by atoms with E-state index >= 15 is 0 Å². The molecule has 8 heteroatoms. The maximum absolute atomic E-state index is 12.3. The number of amides is 2. The van der Waals surface area contributed by atoms with E-state index in [1.165, 1.54) is 0 Å². The van der Waals surface area contributed by atoms with Gasteiger partial charge in [-0.05, 0) is 41.1 Å². The van der Waals surface area contributed by atoms with Crippen molar-refractivity contribution in [2.24, 2.45) is 5.92 Å². The van der Waals surface area contributed by atoms with Crippen molar-refractivity contribution in [1.29, 1.82) is 0 Å². The SMILES string of the molecule is CCOC(=O)NC(CNC(=O)c1n[nH]c(C(C)C)c1Br)CC(C)C. The van der Waals surface area contributed by atoms with E-state index in [2.05, 4.69) is 50.6 Å². The number of aromatic amines is 1. The summed E-state index contributed by atoms with van der Waals surface area (Å²) in [5, 5.41) is 12.5. The number of hydrogen-bond acceptors (Lipinski definition) is 4. The van der Waals surface area contributed by atoms with E-state index in [0.717, 1.165) is 12.1 Å². The third-order valence-corrected chi connectivity index (χ3v) is 4.19. The molecule has 1 rings (SSSR count). The van der Waals surface area contributed by atoms with Crippen molar-refractivity contribution in [3.8, 4) is 0 Å². The Kier molecular flexibility index (Phi) is 8.24. The van der Waals surface area contributed by atoms with Gasteiger partial charge in [0.1, 0.15) is 0 Å². The van der Waals surface area contributed by atoms with Crippen molar-refractivity contribution in [2.75, 3.05) is 13.2 Å². The quantitative estimate of drug-likeness (QED) is 0.621. The van der Waals surface area contributed by atoms with Crippen molar-refractivity contribution in [3.05, 3.63) is 15.9 Å². The maximum atomic E-state index is 12.3. The second kappa shape index (κ2) is 9.66. The van der Waals surface area contributed by atoms with Crippen LogP contribution < -0.4 is 10.6 Å². The van der Waals surface area contributed by atoms with Crippen molar-refractivity contribution in [2.45, 2.75) is 53.0 Å². The van der Waals surface area contributed by atoms with Gasteiger partial charge in [-0.1, -0.05) is 27.7 Å². The first kappa shape index (κ1) is 20.5. The van der Waals surface area contributed by atoms with E-state index < -0.39 is 6.09 Å². The van der Waals surface area contributed by atoms with Crippen LogP contribution in [0.15, 0.2) is 4.47 Å². The Morgan fingerprint density at radius 2 is 1.96 bits per heavy atom. The fourth-order valence-electron chi connectivity index (χ4n) is 2.28. The van der Waals surface area contributed by atoms with Gasteiger partial charge in [0.05, 0.1) is 16.8 Å². The van der Waals surface area contributed by atoms with Gasteiger partial charge in [-0.2, -0.15) is 5.10 Å². The molecule has 0 radical (unpaired) electrons. The number of nitrogens with one attached hydrogen (secondary N) is 3. The van der Waals surface area contributed by atoms with E-state index in [1.54, 1.807) is 6.92 Å². The van der Waals surface area contributed by atoms with Crippen molar-refractivity contribution >= 4 is 27.9 Å². The summed E-state index contributed by atoms with van der Waals surface area (Å²) < 4.78 is 5.58. The lowest BCUT2D eigenvalue weighted by atomic mass is 10.0. The van der Waals surface area contributed by atoms with Crippen LogP contribution >= 0.6 is 15.9 Å². The molecule has 0 saturated carbocycles. The standard InChI is InChI=1S/C16H27BrN4O3/c1-6-24-16(23)19-11(7-9(2)3)8-18-15(22)14-12(17)13(10(4)5)20-21-14/h9-11H,6-8H2,1-5H3,(H,18,22)(H,19,23)(H,20,21). The normalized spacial score (nSPS) is 12.3. The molecule has 0 aliphatic carbocycles. The second-order valence-electron chi connectivity index (χ2n) is 6.36. The van der Waals surface area contributed by atoms with E-state index in [1.807, 2.05) is 13.8 Å². The Morgan fingerprint density at radius 1 is 1.29 bits per heavy atom. The first-order valence-corrected chi connectivity index (χ1v) is 9.00. The first-order chi connectivity index (χ1) is 11.3. The summed E-state index contributed by atoms with van der Waals surface area (Å²) in [6.07, 6.45) is 0.262. The fourth-order valence-corrected chi connectivity index (χ4v) is 3.09. The average Bonchev–Trinajstić information content (AvgIpc) is 2.86. The van der Waals surface area contributed by atoms with Crippen LogP contribution in [0, 0.1) is 5.92 Å². The zero-order valence-electron chi connectivity index (χ0n) is 14.9. The molecule has 1 unspecified atom stereocenters. The summed E-state index contributed by atoms with van der Waals surface area (Å²) in [6, 6.07) is -0.199. The molecule has 0 saturated heterocycles. The molecule has 0 aromatic carbocycles. The first-order valence-electron chi connectivity index (χ1n) is 8.21. The molecule has 1 aromatic heterocycles. The molecular formula is C16H27BrN4O3. The number of ether oxygens (including phenoxy) is 1. The maximum Gasteiger partial charge on any atom is 0.407 e. The van der Waals surface area contributed by atoms with Crippen LogP contribution in [0.4, 0.5) is 4.79 Å². The summed E-state index contributed by atoms with van der Waals surface area (Å²) in [5.41, 5.74) is 1.20. The third kappa shape index (κ3) is 6.14. The Morgan fingerprint density at radius 3 is 2.46 bits per heavy atom. The molecule has 24 heavy (non-hydrogen) atoms. The molecule has 136 valence electrons. The molecule has 1 atom stereocenters. The van der Waals surface area contributed by atoms with Gasteiger partial charge in [0.2, 0.25) is 0 Å². The number of carbonyl (C=O) groups excluding carboxylic acids is 2. The van der Waals surface area contributed by atoms with Crippen LogP contribution in [-0.4, -0.2) is 41.4 Å². The van der Waals surface area contributed by atoms with Gasteiger partial charge >= 0.3 is 6.09 Å². The summed E-state index contributed by atoms with van der Waals surface area (Å²) in [4.78, 5) is 23.9. The number of H-pyrrole nitrogens is 1. The molecule has 3 N–H and O–H groups in total. The third-order valence-electron chi connectivity index (χ3n) is 3.39. The van der Waals surface area contributed by atoms with Crippen LogP contribution in [0.25, 0.3) is 0 Å². The molecule has 1 aromatic rings. The van der Waals surface area contributed by atoms with Crippen LogP contribution in [0.5, 0.6) is 0 Å². The monoisotopic (exact) mass is 402 g/mol. The largest absolute Gasteiger partial charge is 0.450 e. The van der Waals surface area contributed by atoms with Gasteiger partial charge in [0, 0.05) is 12.6 Å². The highest BCUT2D eigenvalue weighted by molar-refractivity contribution is 9.10. The number of halogens is 1. The van der Waals surface area contributed by atoms with E-state index in [9.17, 15) is 9.59 Å². The summed E-state index contributed by atoms with van der Waals surface area (Å²) in [5.74, 6) is 0.315. The van der Waals surface area contributed by atoms with Crippen LogP contribution in [-0.2, 0) is 4.74 Å². The number of rotatable bonds is 8. The van der Waals surface area contributed by atoms with Crippen molar-refractivity contribution in [1.82, 2.24) is 20.8 Å². The lowest BCUT2D eigenvalue weighted by Crippen LogP contribution is -2.44. The molecule has 0 aliphatic rings. The number of aromatic nitrogens is 2. The lowest BCUT2D eigenvalue weighted by Gasteiger charge is -2.20. The summed E-state index contributed by atoms with van der Waals surface area (Å²) >= 11 is 3.42. The van der Waals surface area contributed by atoms with Gasteiger partial charge in [-0.25, -0.2) is 4.79 Å². The van der Waals surface area contributed by atoms with Crippen LogP contribution in [0.2, 0.25) is 0 Å². The number of nitrogens with zero attached hydrogens (tertiary/aromatic N) is 1. The highest BCUT2D eigenvalue weighted by Crippen LogP contribution is 2.25. The number of hydrogen-bond donors (Lipinski definition) is 3. The minimum atomic E-state index is -0.472. The van der Waals surface area contributed by atoms with Gasteiger partial charge in [0.15, 0.2) is 5.69 Å². The zero-order chi connectivity index (χ0) is 18.3. The molecule has 0 bridgehead atoms. The molecule has 0 fully saturated rings. The minimum Gasteiger partial charge on any atom is -0.450 e. The Balaban J connectivity index is 2.68. The van der Waals surface area contributed by atoms with Gasteiger partial charge < -0.3 is 15.4 Å². The van der Waals surface area contributed by atoms with E-state index in [4.69, 9.17) is 4.74 Å². The van der Waals surface area contributed by atoms with E-state index in [0.29, 0.717) is 29.2 Å². The Labute approximate surface area is 151 Å². The Bertz CT molecular complexity index is 558. The highest BCUT2D eigenvalue weighted by atomic mass is 79.9. The fraction of sp³-hybridized carbons (Fsp3) is 0.688. The van der Waals surface area contributed by atoms with Crippen molar-refractivity contribution < 1.29 is 14.3 Å². The zero-order valence-corrected chi connectivity index (χ0v) is 16.5.